The van der Waals surface area contributed by atoms with E-state index in [-0.39, 0.29) is 0 Å². The number of benzene rings is 3. The van der Waals surface area contributed by atoms with E-state index in [0.717, 1.165) is 38.9 Å². The molecule has 0 aliphatic carbocycles. The van der Waals surface area contributed by atoms with Crippen molar-refractivity contribution in [3.05, 3.63) is 89.1 Å². The Morgan fingerprint density at radius 1 is 1.13 bits per heavy atom. The fraction of sp³-hybridized carbons (Fsp3) is 0.160. The number of carbonyl (C=O) groups is 1. The SMILES string of the molecule is COc1ccc(CN[C@@H](Cc2c[nH]c3ccccc23)C(=O)O)cc1-c1cccc(Cl)c1. The van der Waals surface area contributed by atoms with Gasteiger partial charge in [-0.2, -0.15) is 0 Å². The molecule has 0 saturated heterocycles. The first-order valence-electron chi connectivity index (χ1n) is 9.99. The molecule has 0 amide bonds. The maximum Gasteiger partial charge on any atom is 0.321 e. The van der Waals surface area contributed by atoms with Gasteiger partial charge in [-0.3, -0.25) is 4.79 Å². The van der Waals surface area contributed by atoms with Crippen LogP contribution in [0.4, 0.5) is 0 Å². The Kier molecular flexibility index (Phi) is 6.26. The number of hydrogen-bond acceptors (Lipinski definition) is 3. The first-order chi connectivity index (χ1) is 15.0. The van der Waals surface area contributed by atoms with E-state index in [4.69, 9.17) is 16.3 Å². The summed E-state index contributed by atoms with van der Waals surface area (Å²) in [6.07, 6.45) is 2.27. The van der Waals surface area contributed by atoms with Gasteiger partial charge >= 0.3 is 5.97 Å². The highest BCUT2D eigenvalue weighted by atomic mass is 35.5. The predicted octanol–water partition coefficient (Wildman–Crippen LogP) is 5.28. The number of hydrogen-bond donors (Lipinski definition) is 3. The first-order valence-corrected chi connectivity index (χ1v) is 10.4. The molecule has 0 aliphatic heterocycles. The minimum Gasteiger partial charge on any atom is -0.496 e. The van der Waals surface area contributed by atoms with E-state index < -0.39 is 12.0 Å². The molecule has 6 heteroatoms. The zero-order valence-electron chi connectivity index (χ0n) is 17.1. The highest BCUT2D eigenvalue weighted by molar-refractivity contribution is 6.30. The Morgan fingerprint density at radius 2 is 1.97 bits per heavy atom. The van der Waals surface area contributed by atoms with E-state index in [9.17, 15) is 9.90 Å². The lowest BCUT2D eigenvalue weighted by Crippen LogP contribution is -2.38. The summed E-state index contributed by atoms with van der Waals surface area (Å²) < 4.78 is 5.51. The van der Waals surface area contributed by atoms with Gasteiger partial charge in [-0.15, -0.1) is 0 Å². The quantitative estimate of drug-likeness (QED) is 0.352. The molecule has 0 radical (unpaired) electrons. The van der Waals surface area contributed by atoms with Crippen molar-refractivity contribution >= 4 is 28.5 Å². The third-order valence-electron chi connectivity index (χ3n) is 5.35. The van der Waals surface area contributed by atoms with Gasteiger partial charge in [-0.1, -0.05) is 48.0 Å². The zero-order valence-corrected chi connectivity index (χ0v) is 17.8. The maximum atomic E-state index is 11.9. The molecular weight excluding hydrogens is 412 g/mol. The van der Waals surface area contributed by atoms with Crippen LogP contribution in [0, 0.1) is 0 Å². The number of nitrogens with one attached hydrogen (secondary N) is 2. The second-order valence-electron chi connectivity index (χ2n) is 7.38. The van der Waals surface area contributed by atoms with Crippen LogP contribution in [0.1, 0.15) is 11.1 Å². The van der Waals surface area contributed by atoms with Gasteiger partial charge in [0.15, 0.2) is 0 Å². The van der Waals surface area contributed by atoms with Gasteiger partial charge in [0.05, 0.1) is 7.11 Å². The van der Waals surface area contributed by atoms with Gasteiger partial charge in [-0.25, -0.2) is 0 Å². The molecule has 0 spiro atoms. The Morgan fingerprint density at radius 3 is 2.74 bits per heavy atom. The van der Waals surface area contributed by atoms with Crippen molar-refractivity contribution in [1.82, 2.24) is 10.3 Å². The van der Waals surface area contributed by atoms with Crippen LogP contribution in [0.5, 0.6) is 5.75 Å². The van der Waals surface area contributed by atoms with Gasteiger partial charge in [0.2, 0.25) is 0 Å². The number of halogens is 1. The van der Waals surface area contributed by atoms with Crippen LogP contribution >= 0.6 is 11.6 Å². The molecule has 0 unspecified atom stereocenters. The van der Waals surface area contributed by atoms with Crippen molar-refractivity contribution < 1.29 is 14.6 Å². The normalized spacial score (nSPS) is 12.1. The lowest BCUT2D eigenvalue weighted by atomic mass is 10.0. The monoisotopic (exact) mass is 434 g/mol. The van der Waals surface area contributed by atoms with Crippen molar-refractivity contribution in [3.63, 3.8) is 0 Å². The Hall–Kier alpha value is -3.28. The van der Waals surface area contributed by atoms with E-state index in [1.165, 1.54) is 0 Å². The van der Waals surface area contributed by atoms with Crippen LogP contribution in [0.25, 0.3) is 22.0 Å². The lowest BCUT2D eigenvalue weighted by molar-refractivity contribution is -0.139. The van der Waals surface area contributed by atoms with Crippen LogP contribution in [0.15, 0.2) is 72.9 Å². The lowest BCUT2D eigenvalue weighted by Gasteiger charge is -2.16. The summed E-state index contributed by atoms with van der Waals surface area (Å²) >= 11 is 6.16. The first kappa shape index (κ1) is 21.0. The Labute approximate surface area is 185 Å². The second kappa shape index (κ2) is 9.25. The van der Waals surface area contributed by atoms with Crippen molar-refractivity contribution in [3.8, 4) is 16.9 Å². The van der Waals surface area contributed by atoms with Crippen LogP contribution in [0.3, 0.4) is 0 Å². The number of carboxylic acid groups (broad SMARTS) is 1. The largest absolute Gasteiger partial charge is 0.496 e. The number of aromatic nitrogens is 1. The number of rotatable bonds is 8. The summed E-state index contributed by atoms with van der Waals surface area (Å²) in [5, 5.41) is 14.6. The number of carboxylic acids is 1. The van der Waals surface area contributed by atoms with Gasteiger partial charge in [0, 0.05) is 40.7 Å². The molecule has 5 nitrogen and oxygen atoms in total. The maximum absolute atomic E-state index is 11.9. The summed E-state index contributed by atoms with van der Waals surface area (Å²) in [6.45, 7) is 0.414. The molecule has 4 rings (SSSR count). The highest BCUT2D eigenvalue weighted by Gasteiger charge is 2.19. The van der Waals surface area contributed by atoms with Crippen LogP contribution in [0.2, 0.25) is 5.02 Å². The van der Waals surface area contributed by atoms with E-state index in [2.05, 4.69) is 10.3 Å². The topological polar surface area (TPSA) is 74.3 Å². The minimum atomic E-state index is -0.881. The van der Waals surface area contributed by atoms with E-state index in [1.807, 2.05) is 72.9 Å². The number of ether oxygens (including phenoxy) is 1. The number of fused-ring (bicyclic) bond motifs is 1. The minimum absolute atomic E-state index is 0.386. The van der Waals surface area contributed by atoms with Gasteiger partial charge in [-0.05, 0) is 47.0 Å². The number of H-pyrrole nitrogens is 1. The number of aliphatic carboxylic acids is 1. The molecule has 0 fully saturated rings. The molecule has 31 heavy (non-hydrogen) atoms. The third-order valence-corrected chi connectivity index (χ3v) is 5.58. The molecule has 4 aromatic rings. The van der Waals surface area contributed by atoms with Crippen molar-refractivity contribution in [2.75, 3.05) is 7.11 Å². The average molecular weight is 435 g/mol. The zero-order chi connectivity index (χ0) is 21.8. The number of aromatic amines is 1. The summed E-state index contributed by atoms with van der Waals surface area (Å²) in [5.41, 5.74) is 4.79. The van der Waals surface area contributed by atoms with Crippen molar-refractivity contribution in [2.45, 2.75) is 19.0 Å². The van der Waals surface area contributed by atoms with Gasteiger partial charge in [0.1, 0.15) is 11.8 Å². The summed E-state index contributed by atoms with van der Waals surface area (Å²) in [4.78, 5) is 15.1. The highest BCUT2D eigenvalue weighted by Crippen LogP contribution is 2.32. The van der Waals surface area contributed by atoms with Crippen molar-refractivity contribution in [2.24, 2.45) is 0 Å². The van der Waals surface area contributed by atoms with Gasteiger partial charge < -0.3 is 20.1 Å². The van der Waals surface area contributed by atoms with E-state index in [1.54, 1.807) is 7.11 Å². The van der Waals surface area contributed by atoms with Crippen LogP contribution in [-0.4, -0.2) is 29.2 Å². The second-order valence-corrected chi connectivity index (χ2v) is 7.82. The number of methoxy groups -OCH3 is 1. The standard InChI is InChI=1S/C25H23ClN2O3/c1-31-24-10-9-16(11-21(24)17-5-4-6-19(26)12-17)14-27-23(25(29)30)13-18-15-28-22-8-3-2-7-20(18)22/h2-12,15,23,27-28H,13-14H2,1H3,(H,29,30)/t23-/m0/s1. The molecule has 3 N–H and O–H groups in total. The molecule has 1 heterocycles. The summed E-state index contributed by atoms with van der Waals surface area (Å²) in [5.74, 6) is -0.145. The fourth-order valence-electron chi connectivity index (χ4n) is 3.75. The molecule has 158 valence electrons. The molecular formula is C25H23ClN2O3. The Balaban J connectivity index is 1.54. The molecule has 0 saturated carbocycles. The molecule has 0 aliphatic rings. The molecule has 1 atom stereocenters. The average Bonchev–Trinajstić information content (AvgIpc) is 3.19. The molecule has 0 bridgehead atoms. The van der Waals surface area contributed by atoms with Crippen molar-refractivity contribution in [1.29, 1.82) is 0 Å². The summed E-state index contributed by atoms with van der Waals surface area (Å²) in [7, 11) is 1.63. The summed E-state index contributed by atoms with van der Waals surface area (Å²) in [6, 6.07) is 20.6. The van der Waals surface area contributed by atoms with E-state index in [0.29, 0.717) is 18.0 Å². The Bertz CT molecular complexity index is 1220. The van der Waals surface area contributed by atoms with Gasteiger partial charge in [0.25, 0.3) is 0 Å². The fourth-order valence-corrected chi connectivity index (χ4v) is 3.95. The number of para-hydroxylation sites is 1. The molecule has 3 aromatic carbocycles. The van der Waals surface area contributed by atoms with Crippen LogP contribution < -0.4 is 10.1 Å². The predicted molar refractivity (Wildman–Crippen MR) is 124 cm³/mol. The molecule has 1 aromatic heterocycles. The van der Waals surface area contributed by atoms with Crippen LogP contribution in [-0.2, 0) is 17.8 Å². The smallest absolute Gasteiger partial charge is 0.321 e. The van der Waals surface area contributed by atoms with E-state index >= 15 is 0 Å². The third kappa shape index (κ3) is 4.74.